The van der Waals surface area contributed by atoms with Crippen molar-refractivity contribution in [3.05, 3.63) is 46.4 Å². The number of nitrogen functional groups attached to an aromatic ring is 1. The number of nitrogens with two attached hydrogens (primary N) is 1. The number of hydrazine groups is 1. The van der Waals surface area contributed by atoms with Gasteiger partial charge in [0.05, 0.1) is 18.4 Å². The Hall–Kier alpha value is -1.92. The summed E-state index contributed by atoms with van der Waals surface area (Å²) in [5, 5.41) is 4.77. The molecule has 0 aromatic carbocycles. The predicted octanol–water partition coefficient (Wildman–Crippen LogP) is 1.36. The molecule has 0 aliphatic heterocycles. The molecule has 0 fully saturated rings. The lowest BCUT2D eigenvalue weighted by molar-refractivity contribution is 0.0946. The summed E-state index contributed by atoms with van der Waals surface area (Å²) in [5.41, 5.74) is 3.50. The molecule has 0 spiro atoms. The van der Waals surface area contributed by atoms with Crippen molar-refractivity contribution in [3.8, 4) is 0 Å². The average molecular weight is 248 g/mol. The van der Waals surface area contributed by atoms with E-state index in [0.29, 0.717) is 17.9 Å². The molecule has 0 aliphatic carbocycles. The minimum Gasteiger partial charge on any atom is -0.346 e. The molecule has 0 atom stereocenters. The van der Waals surface area contributed by atoms with Crippen LogP contribution in [0.3, 0.4) is 0 Å². The van der Waals surface area contributed by atoms with Crippen LogP contribution in [-0.2, 0) is 6.54 Å². The van der Waals surface area contributed by atoms with Crippen molar-refractivity contribution in [2.45, 2.75) is 6.54 Å². The number of nitrogens with one attached hydrogen (secondary N) is 2. The van der Waals surface area contributed by atoms with E-state index < -0.39 is 0 Å². The van der Waals surface area contributed by atoms with Crippen LogP contribution < -0.4 is 16.6 Å². The van der Waals surface area contributed by atoms with Crippen molar-refractivity contribution >= 4 is 22.9 Å². The summed E-state index contributed by atoms with van der Waals surface area (Å²) in [6.45, 7) is 0.523. The normalized spacial score (nSPS) is 9.94. The number of nitrogens with zero attached hydrogens (tertiary/aromatic N) is 1. The highest BCUT2D eigenvalue weighted by atomic mass is 32.1. The molecule has 2 rings (SSSR count). The van der Waals surface area contributed by atoms with Crippen molar-refractivity contribution in [2.75, 3.05) is 5.43 Å². The lowest BCUT2D eigenvalue weighted by Crippen LogP contribution is -2.23. The number of amides is 1. The molecular formula is C11H12N4OS. The van der Waals surface area contributed by atoms with Gasteiger partial charge in [0, 0.05) is 4.88 Å². The smallest absolute Gasteiger partial charge is 0.270 e. The van der Waals surface area contributed by atoms with Crippen molar-refractivity contribution < 1.29 is 4.79 Å². The Bertz CT molecular complexity index is 481. The van der Waals surface area contributed by atoms with Crippen molar-refractivity contribution in [1.29, 1.82) is 0 Å². The molecule has 0 saturated carbocycles. The first-order valence-electron chi connectivity index (χ1n) is 5.03. The second kappa shape index (κ2) is 5.42. The fourth-order valence-electron chi connectivity index (χ4n) is 1.28. The highest BCUT2D eigenvalue weighted by molar-refractivity contribution is 7.09. The highest BCUT2D eigenvalue weighted by Crippen LogP contribution is 2.08. The minimum atomic E-state index is -0.193. The maximum atomic E-state index is 11.7. The summed E-state index contributed by atoms with van der Waals surface area (Å²) in [6, 6.07) is 7.25. The van der Waals surface area contributed by atoms with E-state index in [0.717, 1.165) is 4.88 Å². The lowest BCUT2D eigenvalue weighted by atomic mass is 10.3. The number of hydrogen-bond acceptors (Lipinski definition) is 5. The van der Waals surface area contributed by atoms with Gasteiger partial charge in [0.25, 0.3) is 5.91 Å². The van der Waals surface area contributed by atoms with E-state index in [1.165, 1.54) is 6.20 Å². The van der Waals surface area contributed by atoms with Crippen molar-refractivity contribution in [1.82, 2.24) is 10.3 Å². The third kappa shape index (κ3) is 3.02. The van der Waals surface area contributed by atoms with Gasteiger partial charge in [-0.25, -0.2) is 4.98 Å². The molecule has 4 N–H and O–H groups in total. The summed E-state index contributed by atoms with van der Waals surface area (Å²) in [5.74, 6) is 5.02. The molecule has 88 valence electrons. The van der Waals surface area contributed by atoms with Crippen LogP contribution in [0.2, 0.25) is 0 Å². The Morgan fingerprint density at radius 2 is 2.29 bits per heavy atom. The monoisotopic (exact) mass is 248 g/mol. The van der Waals surface area contributed by atoms with Gasteiger partial charge >= 0.3 is 0 Å². The second-order valence-corrected chi connectivity index (χ2v) is 4.37. The van der Waals surface area contributed by atoms with E-state index in [-0.39, 0.29) is 5.91 Å². The minimum absolute atomic E-state index is 0.193. The van der Waals surface area contributed by atoms with E-state index in [2.05, 4.69) is 15.7 Å². The van der Waals surface area contributed by atoms with E-state index in [1.54, 1.807) is 23.5 Å². The molecule has 0 radical (unpaired) electrons. The number of aromatic nitrogens is 1. The first kappa shape index (κ1) is 11.6. The van der Waals surface area contributed by atoms with Gasteiger partial charge in [0.1, 0.15) is 5.69 Å². The number of carbonyl (C=O) groups excluding carboxylic acids is 1. The SMILES string of the molecule is NNc1ccc(C(=O)NCc2cccs2)nc1. The maximum absolute atomic E-state index is 11.7. The summed E-state index contributed by atoms with van der Waals surface area (Å²) < 4.78 is 0. The fraction of sp³-hybridized carbons (Fsp3) is 0.0909. The van der Waals surface area contributed by atoms with E-state index in [4.69, 9.17) is 5.84 Å². The second-order valence-electron chi connectivity index (χ2n) is 3.34. The Morgan fingerprint density at radius 3 is 2.88 bits per heavy atom. The van der Waals surface area contributed by atoms with Crippen LogP contribution in [-0.4, -0.2) is 10.9 Å². The standard InChI is InChI=1S/C11H12N4OS/c12-15-8-3-4-10(13-6-8)11(16)14-7-9-2-1-5-17-9/h1-6,15H,7,12H2,(H,14,16). The van der Waals surface area contributed by atoms with E-state index in [1.807, 2.05) is 17.5 Å². The van der Waals surface area contributed by atoms with Gasteiger partial charge in [0.15, 0.2) is 0 Å². The van der Waals surface area contributed by atoms with Gasteiger partial charge in [0.2, 0.25) is 0 Å². The van der Waals surface area contributed by atoms with Crippen LogP contribution in [0.4, 0.5) is 5.69 Å². The summed E-state index contributed by atoms with van der Waals surface area (Å²) >= 11 is 1.60. The molecule has 0 bridgehead atoms. The number of carbonyl (C=O) groups is 1. The summed E-state index contributed by atoms with van der Waals surface area (Å²) in [7, 11) is 0. The first-order valence-corrected chi connectivity index (χ1v) is 5.91. The average Bonchev–Trinajstić information content (AvgIpc) is 2.89. The Morgan fingerprint density at radius 1 is 1.41 bits per heavy atom. The fourth-order valence-corrected chi connectivity index (χ4v) is 1.93. The van der Waals surface area contributed by atoms with E-state index >= 15 is 0 Å². The highest BCUT2D eigenvalue weighted by Gasteiger charge is 2.06. The number of hydrogen-bond donors (Lipinski definition) is 3. The molecule has 6 heteroatoms. The molecule has 5 nitrogen and oxygen atoms in total. The zero-order chi connectivity index (χ0) is 12.1. The Balaban J connectivity index is 1.95. The van der Waals surface area contributed by atoms with Gasteiger partial charge in [-0.1, -0.05) is 6.07 Å². The maximum Gasteiger partial charge on any atom is 0.270 e. The van der Waals surface area contributed by atoms with Crippen LogP contribution in [0.15, 0.2) is 35.8 Å². The topological polar surface area (TPSA) is 80.0 Å². The summed E-state index contributed by atoms with van der Waals surface area (Å²) in [6.07, 6.45) is 1.51. The van der Waals surface area contributed by atoms with Gasteiger partial charge in [-0.3, -0.25) is 10.6 Å². The van der Waals surface area contributed by atoms with Crippen LogP contribution in [0.5, 0.6) is 0 Å². The zero-order valence-corrected chi connectivity index (χ0v) is 9.83. The van der Waals surface area contributed by atoms with Crippen LogP contribution in [0.25, 0.3) is 0 Å². The van der Waals surface area contributed by atoms with Crippen molar-refractivity contribution in [2.24, 2.45) is 5.84 Å². The van der Waals surface area contributed by atoms with Gasteiger partial charge in [-0.2, -0.15) is 0 Å². The van der Waals surface area contributed by atoms with Gasteiger partial charge in [-0.05, 0) is 23.6 Å². The predicted molar refractivity (Wildman–Crippen MR) is 67.5 cm³/mol. The molecule has 0 aliphatic rings. The molecule has 17 heavy (non-hydrogen) atoms. The number of pyridine rings is 1. The Kier molecular flexibility index (Phi) is 3.69. The molecule has 2 aromatic heterocycles. The third-order valence-corrected chi connectivity index (χ3v) is 3.04. The third-order valence-electron chi connectivity index (χ3n) is 2.17. The van der Waals surface area contributed by atoms with Gasteiger partial charge in [-0.15, -0.1) is 11.3 Å². The summed E-state index contributed by atoms with van der Waals surface area (Å²) in [4.78, 5) is 16.8. The molecule has 0 unspecified atom stereocenters. The largest absolute Gasteiger partial charge is 0.346 e. The van der Waals surface area contributed by atoms with Crippen molar-refractivity contribution in [3.63, 3.8) is 0 Å². The molecule has 2 aromatic rings. The molecular weight excluding hydrogens is 236 g/mol. The van der Waals surface area contributed by atoms with E-state index in [9.17, 15) is 4.79 Å². The Labute approximate surface area is 103 Å². The lowest BCUT2D eigenvalue weighted by Gasteiger charge is -2.04. The number of thiophene rings is 1. The molecule has 0 saturated heterocycles. The number of rotatable bonds is 4. The molecule has 1 amide bonds. The van der Waals surface area contributed by atoms with Crippen LogP contribution in [0, 0.1) is 0 Å². The van der Waals surface area contributed by atoms with Crippen LogP contribution in [0.1, 0.15) is 15.4 Å². The molecule has 2 heterocycles. The first-order chi connectivity index (χ1) is 8.29. The van der Waals surface area contributed by atoms with Crippen LogP contribution >= 0.6 is 11.3 Å². The quantitative estimate of drug-likeness (QED) is 0.564. The zero-order valence-electron chi connectivity index (χ0n) is 9.01. The van der Waals surface area contributed by atoms with Gasteiger partial charge < -0.3 is 10.7 Å². The number of anilines is 1.